The molecule has 1 heterocycles. The average Bonchev–Trinajstić information content (AvgIpc) is 2.94. The topological polar surface area (TPSA) is 94.2 Å². The van der Waals surface area contributed by atoms with E-state index in [0.29, 0.717) is 24.9 Å². The molecule has 1 amide bonds. The molecule has 1 rings (SSSR count). The van der Waals surface area contributed by atoms with Gasteiger partial charge in [-0.25, -0.2) is 4.98 Å². The SMILES string of the molecule is CCC[C@H](N)C(=O)Nc1cn([C@@H](C)CNC(C)COC)cn1. The number of imidazole rings is 1. The number of carbonyl (C=O) groups is 1. The summed E-state index contributed by atoms with van der Waals surface area (Å²) < 4.78 is 7.06. The Kier molecular flexibility index (Phi) is 8.08. The maximum atomic E-state index is 11.9. The number of hydrogen-bond acceptors (Lipinski definition) is 5. The minimum atomic E-state index is -0.482. The van der Waals surface area contributed by atoms with E-state index in [1.165, 1.54) is 0 Å². The second-order valence-electron chi connectivity index (χ2n) is 5.70. The molecule has 0 bridgehead atoms. The first kappa shape index (κ1) is 18.6. The number of rotatable bonds is 10. The van der Waals surface area contributed by atoms with Crippen molar-refractivity contribution in [2.75, 3.05) is 25.6 Å². The van der Waals surface area contributed by atoms with Crippen LogP contribution in [0, 0.1) is 0 Å². The van der Waals surface area contributed by atoms with Crippen molar-refractivity contribution in [1.82, 2.24) is 14.9 Å². The molecule has 0 spiro atoms. The Bertz CT molecular complexity index is 449. The van der Waals surface area contributed by atoms with Crippen molar-refractivity contribution in [3.63, 3.8) is 0 Å². The lowest BCUT2D eigenvalue weighted by atomic mass is 10.2. The van der Waals surface area contributed by atoms with Crippen LogP contribution in [-0.2, 0) is 9.53 Å². The Morgan fingerprint density at radius 2 is 2.23 bits per heavy atom. The van der Waals surface area contributed by atoms with E-state index in [2.05, 4.69) is 29.5 Å². The number of methoxy groups -OCH3 is 1. The third kappa shape index (κ3) is 6.13. The van der Waals surface area contributed by atoms with Crippen LogP contribution in [0.3, 0.4) is 0 Å². The summed E-state index contributed by atoms with van der Waals surface area (Å²) in [6.45, 7) is 7.63. The summed E-state index contributed by atoms with van der Waals surface area (Å²) in [5.41, 5.74) is 5.78. The van der Waals surface area contributed by atoms with Crippen molar-refractivity contribution >= 4 is 11.7 Å². The summed E-state index contributed by atoms with van der Waals surface area (Å²) in [6, 6.07) is 0.0353. The summed E-state index contributed by atoms with van der Waals surface area (Å²) >= 11 is 0. The van der Waals surface area contributed by atoms with Crippen molar-refractivity contribution in [3.8, 4) is 0 Å². The smallest absolute Gasteiger partial charge is 0.242 e. The van der Waals surface area contributed by atoms with E-state index in [1.54, 1.807) is 13.4 Å². The number of nitrogens with one attached hydrogen (secondary N) is 2. The predicted molar refractivity (Wildman–Crippen MR) is 87.8 cm³/mol. The molecule has 0 aliphatic rings. The monoisotopic (exact) mass is 311 g/mol. The molecule has 4 N–H and O–H groups in total. The Hall–Kier alpha value is -1.44. The van der Waals surface area contributed by atoms with Gasteiger partial charge in [-0.2, -0.15) is 0 Å². The fraction of sp³-hybridized carbons (Fsp3) is 0.733. The highest BCUT2D eigenvalue weighted by molar-refractivity contribution is 5.93. The molecular weight excluding hydrogens is 282 g/mol. The van der Waals surface area contributed by atoms with Crippen LogP contribution in [0.1, 0.15) is 39.7 Å². The molecule has 0 aromatic carbocycles. The molecule has 1 aromatic heterocycles. The molecule has 3 atom stereocenters. The van der Waals surface area contributed by atoms with Gasteiger partial charge < -0.3 is 25.7 Å². The minimum Gasteiger partial charge on any atom is -0.383 e. The van der Waals surface area contributed by atoms with Gasteiger partial charge >= 0.3 is 0 Å². The zero-order chi connectivity index (χ0) is 16.5. The molecule has 0 fully saturated rings. The highest BCUT2D eigenvalue weighted by Gasteiger charge is 2.14. The van der Waals surface area contributed by atoms with Crippen molar-refractivity contribution in [3.05, 3.63) is 12.5 Å². The second-order valence-corrected chi connectivity index (χ2v) is 5.70. The zero-order valence-corrected chi connectivity index (χ0v) is 14.0. The fourth-order valence-electron chi connectivity index (χ4n) is 2.09. The van der Waals surface area contributed by atoms with Gasteiger partial charge in [0, 0.05) is 31.9 Å². The third-order valence-electron chi connectivity index (χ3n) is 3.48. The number of aromatic nitrogens is 2. The number of nitrogens with two attached hydrogens (primary N) is 1. The molecular formula is C15H29N5O2. The number of nitrogens with zero attached hydrogens (tertiary/aromatic N) is 2. The van der Waals surface area contributed by atoms with Gasteiger partial charge in [0.15, 0.2) is 5.82 Å². The van der Waals surface area contributed by atoms with Crippen molar-refractivity contribution in [2.24, 2.45) is 5.73 Å². The van der Waals surface area contributed by atoms with E-state index in [1.807, 2.05) is 17.7 Å². The molecule has 0 saturated carbocycles. The van der Waals surface area contributed by atoms with E-state index in [-0.39, 0.29) is 11.9 Å². The Balaban J connectivity index is 2.47. The van der Waals surface area contributed by atoms with Crippen LogP contribution in [0.4, 0.5) is 5.82 Å². The Morgan fingerprint density at radius 1 is 1.50 bits per heavy atom. The summed E-state index contributed by atoms with van der Waals surface area (Å²) in [5.74, 6) is 0.347. The fourth-order valence-corrected chi connectivity index (χ4v) is 2.09. The van der Waals surface area contributed by atoms with Crippen LogP contribution in [0.25, 0.3) is 0 Å². The minimum absolute atomic E-state index is 0.188. The van der Waals surface area contributed by atoms with Crippen LogP contribution in [0.15, 0.2) is 12.5 Å². The van der Waals surface area contributed by atoms with Gasteiger partial charge in [0.05, 0.1) is 19.0 Å². The molecule has 0 saturated heterocycles. The summed E-state index contributed by atoms with van der Waals surface area (Å²) in [6.07, 6.45) is 5.09. The molecule has 1 unspecified atom stereocenters. The molecule has 22 heavy (non-hydrogen) atoms. The molecule has 7 heteroatoms. The van der Waals surface area contributed by atoms with Gasteiger partial charge in [-0.15, -0.1) is 0 Å². The predicted octanol–water partition coefficient (Wildman–Crippen LogP) is 1.13. The standard InChI is InChI=1S/C15H29N5O2/c1-5-6-13(16)15(21)19-14-8-20(10-18-14)12(3)7-17-11(2)9-22-4/h8,10-13,17H,5-7,9,16H2,1-4H3,(H,19,21)/t11?,12-,13-/m0/s1. The highest BCUT2D eigenvalue weighted by Crippen LogP contribution is 2.10. The number of amides is 1. The number of ether oxygens (including phenoxy) is 1. The van der Waals surface area contributed by atoms with E-state index in [9.17, 15) is 4.79 Å². The van der Waals surface area contributed by atoms with Gasteiger partial charge in [0.25, 0.3) is 0 Å². The molecule has 1 aromatic rings. The van der Waals surface area contributed by atoms with Gasteiger partial charge in [-0.3, -0.25) is 4.79 Å². The van der Waals surface area contributed by atoms with Crippen LogP contribution in [0.5, 0.6) is 0 Å². The van der Waals surface area contributed by atoms with Crippen molar-refractivity contribution < 1.29 is 9.53 Å². The average molecular weight is 311 g/mol. The molecule has 0 aliphatic carbocycles. The normalized spacial score (nSPS) is 15.3. The number of hydrogen-bond donors (Lipinski definition) is 3. The van der Waals surface area contributed by atoms with E-state index >= 15 is 0 Å². The lowest BCUT2D eigenvalue weighted by molar-refractivity contribution is -0.117. The van der Waals surface area contributed by atoms with Crippen LogP contribution < -0.4 is 16.4 Å². The zero-order valence-electron chi connectivity index (χ0n) is 14.0. The first-order chi connectivity index (χ1) is 10.5. The van der Waals surface area contributed by atoms with Gasteiger partial charge in [0.1, 0.15) is 0 Å². The first-order valence-corrected chi connectivity index (χ1v) is 7.80. The van der Waals surface area contributed by atoms with Crippen LogP contribution >= 0.6 is 0 Å². The summed E-state index contributed by atoms with van der Waals surface area (Å²) in [7, 11) is 1.69. The lowest BCUT2D eigenvalue weighted by Crippen LogP contribution is -2.35. The highest BCUT2D eigenvalue weighted by atomic mass is 16.5. The maximum Gasteiger partial charge on any atom is 0.242 e. The molecule has 126 valence electrons. The number of anilines is 1. The second kappa shape index (κ2) is 9.55. The van der Waals surface area contributed by atoms with Crippen molar-refractivity contribution in [2.45, 2.75) is 51.7 Å². The van der Waals surface area contributed by atoms with Crippen LogP contribution in [-0.4, -0.2) is 47.8 Å². The van der Waals surface area contributed by atoms with Gasteiger partial charge in [-0.1, -0.05) is 13.3 Å². The van der Waals surface area contributed by atoms with Crippen molar-refractivity contribution in [1.29, 1.82) is 0 Å². The van der Waals surface area contributed by atoms with E-state index in [4.69, 9.17) is 10.5 Å². The van der Waals surface area contributed by atoms with E-state index in [0.717, 1.165) is 13.0 Å². The molecule has 0 radical (unpaired) electrons. The largest absolute Gasteiger partial charge is 0.383 e. The van der Waals surface area contributed by atoms with E-state index < -0.39 is 6.04 Å². The van der Waals surface area contributed by atoms with Gasteiger partial charge in [0.2, 0.25) is 5.91 Å². The summed E-state index contributed by atoms with van der Waals surface area (Å²) in [4.78, 5) is 16.1. The number of carbonyl (C=O) groups excluding carboxylic acids is 1. The third-order valence-corrected chi connectivity index (χ3v) is 3.48. The lowest BCUT2D eigenvalue weighted by Gasteiger charge is -2.18. The molecule has 7 nitrogen and oxygen atoms in total. The summed E-state index contributed by atoms with van der Waals surface area (Å²) in [5, 5.41) is 6.14. The molecule has 0 aliphatic heterocycles. The van der Waals surface area contributed by atoms with Gasteiger partial charge in [-0.05, 0) is 20.3 Å². The first-order valence-electron chi connectivity index (χ1n) is 7.80. The maximum absolute atomic E-state index is 11.9. The Morgan fingerprint density at radius 3 is 2.86 bits per heavy atom. The Labute approximate surface area is 132 Å². The quantitative estimate of drug-likeness (QED) is 0.602. The van der Waals surface area contributed by atoms with Crippen LogP contribution in [0.2, 0.25) is 0 Å².